The fourth-order valence-electron chi connectivity index (χ4n) is 2.56. The van der Waals surface area contributed by atoms with Crippen LogP contribution in [0.15, 0.2) is 21.3 Å². The van der Waals surface area contributed by atoms with Gasteiger partial charge in [-0.3, -0.25) is 0 Å². The molecule has 0 aromatic carbocycles. The maximum absolute atomic E-state index is 11.3. The first-order valence-electron chi connectivity index (χ1n) is 6.61. The molecule has 18 heavy (non-hydrogen) atoms. The molecule has 2 unspecified atom stereocenters. The van der Waals surface area contributed by atoms with Gasteiger partial charge in [0.15, 0.2) is 0 Å². The van der Waals surface area contributed by atoms with Crippen molar-refractivity contribution in [3.8, 4) is 5.75 Å². The lowest BCUT2D eigenvalue weighted by atomic mass is 9.87. The standard InChI is InChI=1S/C14H20O4/c1-2-11(6-10-4-3-5-17-9-10)13-7-12(15)8-14(16)18-13/h7-8,10-11,15H,2-6,9H2,1H3. The molecule has 0 saturated carbocycles. The number of ether oxygens (including phenoxy) is 1. The van der Waals surface area contributed by atoms with Crippen LogP contribution in [0.1, 0.15) is 44.3 Å². The van der Waals surface area contributed by atoms with Gasteiger partial charge < -0.3 is 14.3 Å². The monoisotopic (exact) mass is 252 g/mol. The predicted octanol–water partition coefficient (Wildman–Crippen LogP) is 2.66. The van der Waals surface area contributed by atoms with Crippen LogP contribution in [0.3, 0.4) is 0 Å². The topological polar surface area (TPSA) is 59.7 Å². The number of rotatable bonds is 4. The van der Waals surface area contributed by atoms with Crippen LogP contribution in [0, 0.1) is 5.92 Å². The van der Waals surface area contributed by atoms with E-state index >= 15 is 0 Å². The van der Waals surface area contributed by atoms with Gasteiger partial charge in [0.1, 0.15) is 11.5 Å². The second-order valence-electron chi connectivity index (χ2n) is 4.96. The third-order valence-electron chi connectivity index (χ3n) is 3.54. The van der Waals surface area contributed by atoms with E-state index in [1.807, 2.05) is 0 Å². The maximum Gasteiger partial charge on any atom is 0.339 e. The summed E-state index contributed by atoms with van der Waals surface area (Å²) >= 11 is 0. The fourth-order valence-corrected chi connectivity index (χ4v) is 2.56. The van der Waals surface area contributed by atoms with E-state index in [-0.39, 0.29) is 11.7 Å². The largest absolute Gasteiger partial charge is 0.508 e. The minimum atomic E-state index is -0.483. The molecule has 1 aliphatic heterocycles. The summed E-state index contributed by atoms with van der Waals surface area (Å²) in [6, 6.07) is 2.65. The van der Waals surface area contributed by atoms with E-state index in [1.54, 1.807) is 6.07 Å². The normalized spacial score (nSPS) is 21.7. The molecule has 100 valence electrons. The number of hydrogen-bond donors (Lipinski definition) is 1. The third-order valence-corrected chi connectivity index (χ3v) is 3.54. The van der Waals surface area contributed by atoms with Crippen molar-refractivity contribution in [2.24, 2.45) is 5.92 Å². The lowest BCUT2D eigenvalue weighted by Gasteiger charge is -2.25. The first kappa shape index (κ1) is 13.1. The average molecular weight is 252 g/mol. The molecule has 1 aromatic heterocycles. The Balaban J connectivity index is 2.09. The predicted molar refractivity (Wildman–Crippen MR) is 67.8 cm³/mol. The highest BCUT2D eigenvalue weighted by Gasteiger charge is 2.21. The van der Waals surface area contributed by atoms with Gasteiger partial charge in [-0.2, -0.15) is 0 Å². The molecule has 0 spiro atoms. The lowest BCUT2D eigenvalue weighted by Crippen LogP contribution is -2.19. The highest BCUT2D eigenvalue weighted by Crippen LogP contribution is 2.31. The summed E-state index contributed by atoms with van der Waals surface area (Å²) in [4.78, 5) is 11.3. The Bertz CT molecular complexity index is 432. The molecule has 1 saturated heterocycles. The van der Waals surface area contributed by atoms with Crippen molar-refractivity contribution < 1.29 is 14.3 Å². The third kappa shape index (κ3) is 3.35. The molecule has 2 heterocycles. The highest BCUT2D eigenvalue weighted by atomic mass is 16.5. The summed E-state index contributed by atoms with van der Waals surface area (Å²) in [6.45, 7) is 3.71. The molecule has 0 bridgehead atoms. The maximum atomic E-state index is 11.3. The van der Waals surface area contributed by atoms with Crippen LogP contribution in [-0.4, -0.2) is 18.3 Å². The van der Waals surface area contributed by atoms with Gasteiger partial charge in [-0.1, -0.05) is 6.92 Å². The van der Waals surface area contributed by atoms with Crippen LogP contribution >= 0.6 is 0 Å². The number of aromatic hydroxyl groups is 1. The lowest BCUT2D eigenvalue weighted by molar-refractivity contribution is 0.0477. The van der Waals surface area contributed by atoms with Crippen LogP contribution in [0.25, 0.3) is 0 Å². The van der Waals surface area contributed by atoms with Gasteiger partial charge in [0.2, 0.25) is 0 Å². The van der Waals surface area contributed by atoms with Crippen molar-refractivity contribution in [1.29, 1.82) is 0 Å². The molecule has 1 aliphatic rings. The van der Waals surface area contributed by atoms with Crippen molar-refractivity contribution in [2.45, 2.75) is 38.5 Å². The van der Waals surface area contributed by atoms with Crippen molar-refractivity contribution in [2.75, 3.05) is 13.2 Å². The Kier molecular flexibility index (Phi) is 4.42. The van der Waals surface area contributed by atoms with Crippen molar-refractivity contribution in [3.05, 3.63) is 28.3 Å². The van der Waals surface area contributed by atoms with Gasteiger partial charge in [0.25, 0.3) is 0 Å². The second-order valence-corrected chi connectivity index (χ2v) is 4.96. The van der Waals surface area contributed by atoms with Gasteiger partial charge in [-0.25, -0.2) is 4.79 Å². The Morgan fingerprint density at radius 2 is 2.33 bits per heavy atom. The van der Waals surface area contributed by atoms with Crippen molar-refractivity contribution >= 4 is 0 Å². The zero-order valence-electron chi connectivity index (χ0n) is 10.7. The molecule has 0 amide bonds. The van der Waals surface area contributed by atoms with E-state index in [4.69, 9.17) is 9.15 Å². The first-order chi connectivity index (χ1) is 8.69. The molecule has 1 aromatic rings. The number of hydrogen-bond acceptors (Lipinski definition) is 4. The van der Waals surface area contributed by atoms with Gasteiger partial charge in [-0.15, -0.1) is 0 Å². The molecule has 4 nitrogen and oxygen atoms in total. The summed E-state index contributed by atoms with van der Waals surface area (Å²) < 4.78 is 10.7. The van der Waals surface area contributed by atoms with E-state index in [2.05, 4.69) is 6.92 Å². The van der Waals surface area contributed by atoms with E-state index in [0.717, 1.165) is 38.5 Å². The summed E-state index contributed by atoms with van der Waals surface area (Å²) in [5, 5.41) is 9.46. The fraction of sp³-hybridized carbons (Fsp3) is 0.643. The van der Waals surface area contributed by atoms with E-state index in [1.165, 1.54) is 6.42 Å². The van der Waals surface area contributed by atoms with Crippen LogP contribution in [-0.2, 0) is 4.74 Å². The summed E-state index contributed by atoms with van der Waals surface area (Å²) in [7, 11) is 0. The SMILES string of the molecule is CCC(CC1CCCOC1)c1cc(O)cc(=O)o1. The quantitative estimate of drug-likeness (QED) is 0.895. The van der Waals surface area contributed by atoms with Gasteiger partial charge in [0, 0.05) is 25.2 Å². The molecule has 4 heteroatoms. The molecule has 1 N–H and O–H groups in total. The Labute approximate surface area is 107 Å². The Morgan fingerprint density at radius 3 is 2.94 bits per heavy atom. The highest BCUT2D eigenvalue weighted by molar-refractivity contribution is 5.20. The summed E-state index contributed by atoms with van der Waals surface area (Å²) in [5.74, 6) is 1.28. The van der Waals surface area contributed by atoms with Gasteiger partial charge in [-0.05, 0) is 31.6 Å². The summed E-state index contributed by atoms with van der Waals surface area (Å²) in [5.41, 5.74) is -0.483. The first-order valence-corrected chi connectivity index (χ1v) is 6.61. The van der Waals surface area contributed by atoms with Crippen molar-refractivity contribution in [1.82, 2.24) is 0 Å². The van der Waals surface area contributed by atoms with Crippen LogP contribution in [0.4, 0.5) is 0 Å². The van der Waals surface area contributed by atoms with Crippen LogP contribution in [0.5, 0.6) is 5.75 Å². The van der Waals surface area contributed by atoms with E-state index in [9.17, 15) is 9.90 Å². The van der Waals surface area contributed by atoms with Crippen LogP contribution in [0.2, 0.25) is 0 Å². The Morgan fingerprint density at radius 1 is 1.50 bits per heavy atom. The Hall–Kier alpha value is -1.29. The van der Waals surface area contributed by atoms with Gasteiger partial charge in [0.05, 0.1) is 6.07 Å². The van der Waals surface area contributed by atoms with E-state index in [0.29, 0.717) is 11.7 Å². The molecule has 0 radical (unpaired) electrons. The molecular formula is C14H20O4. The molecular weight excluding hydrogens is 232 g/mol. The smallest absolute Gasteiger partial charge is 0.339 e. The minimum absolute atomic E-state index is 0.0143. The van der Waals surface area contributed by atoms with Crippen molar-refractivity contribution in [3.63, 3.8) is 0 Å². The second kappa shape index (κ2) is 6.05. The van der Waals surface area contributed by atoms with Crippen LogP contribution < -0.4 is 5.63 Å². The molecule has 2 rings (SSSR count). The zero-order valence-corrected chi connectivity index (χ0v) is 10.7. The average Bonchev–Trinajstić information content (AvgIpc) is 2.36. The van der Waals surface area contributed by atoms with E-state index < -0.39 is 5.63 Å². The molecule has 2 atom stereocenters. The minimum Gasteiger partial charge on any atom is -0.508 e. The van der Waals surface area contributed by atoms with Gasteiger partial charge >= 0.3 is 5.63 Å². The molecule has 0 aliphatic carbocycles. The summed E-state index contributed by atoms with van der Waals surface area (Å²) in [6.07, 6.45) is 4.11. The molecule has 1 fully saturated rings. The zero-order chi connectivity index (χ0) is 13.0.